The number of amides is 2. The highest BCUT2D eigenvalue weighted by Crippen LogP contribution is 2.22. The lowest BCUT2D eigenvalue weighted by Gasteiger charge is -2.21. The van der Waals surface area contributed by atoms with Crippen LogP contribution in [-0.4, -0.2) is 20.0 Å². The van der Waals surface area contributed by atoms with Crippen molar-refractivity contribution in [1.82, 2.24) is 10.0 Å². The first-order chi connectivity index (χ1) is 8.92. The Kier molecular flexibility index (Phi) is 4.33. The predicted molar refractivity (Wildman–Crippen MR) is 78.9 cm³/mol. The van der Waals surface area contributed by atoms with E-state index in [1.807, 2.05) is 4.72 Å². The molecular weight excluding hydrogens is 278 g/mol. The van der Waals surface area contributed by atoms with Crippen LogP contribution in [0.25, 0.3) is 0 Å². The fourth-order valence-electron chi connectivity index (χ4n) is 1.68. The predicted octanol–water partition coefficient (Wildman–Crippen LogP) is 1.67. The number of rotatable bonds is 2. The summed E-state index contributed by atoms with van der Waals surface area (Å²) in [5, 5.41) is 2.53. The van der Waals surface area contributed by atoms with Gasteiger partial charge in [0.25, 0.3) is 10.0 Å². The lowest BCUT2D eigenvalue weighted by Crippen LogP contribution is -2.48. The van der Waals surface area contributed by atoms with Gasteiger partial charge in [0.15, 0.2) is 0 Å². The van der Waals surface area contributed by atoms with Gasteiger partial charge in [0.2, 0.25) is 0 Å². The largest absolute Gasteiger partial charge is 0.399 e. The molecule has 0 radical (unpaired) electrons. The molecular formula is C13H21N3O3S. The summed E-state index contributed by atoms with van der Waals surface area (Å²) in [6.07, 6.45) is 0. The number of nitrogens with one attached hydrogen (secondary N) is 2. The van der Waals surface area contributed by atoms with E-state index in [9.17, 15) is 13.2 Å². The van der Waals surface area contributed by atoms with Crippen molar-refractivity contribution in [2.24, 2.45) is 0 Å². The van der Waals surface area contributed by atoms with E-state index in [-0.39, 0.29) is 4.90 Å². The Labute approximate surface area is 119 Å². The van der Waals surface area contributed by atoms with Gasteiger partial charge in [-0.15, -0.1) is 0 Å². The first-order valence-corrected chi connectivity index (χ1v) is 7.62. The zero-order valence-electron chi connectivity index (χ0n) is 12.4. The van der Waals surface area contributed by atoms with Crippen molar-refractivity contribution >= 4 is 21.7 Å². The molecule has 0 saturated heterocycles. The smallest absolute Gasteiger partial charge is 0.329 e. The zero-order chi connectivity index (χ0) is 15.7. The summed E-state index contributed by atoms with van der Waals surface area (Å²) in [6.45, 7) is 8.71. The van der Waals surface area contributed by atoms with E-state index in [0.717, 1.165) is 5.56 Å². The molecule has 0 saturated carbocycles. The van der Waals surface area contributed by atoms with Crippen molar-refractivity contribution in [3.8, 4) is 0 Å². The van der Waals surface area contributed by atoms with Crippen LogP contribution in [0.4, 0.5) is 10.5 Å². The van der Waals surface area contributed by atoms with Crippen molar-refractivity contribution < 1.29 is 13.2 Å². The molecule has 0 aliphatic rings. The van der Waals surface area contributed by atoms with Gasteiger partial charge in [0.05, 0.1) is 4.90 Å². The van der Waals surface area contributed by atoms with Crippen molar-refractivity contribution in [2.75, 3.05) is 5.73 Å². The summed E-state index contributed by atoms with van der Waals surface area (Å²) in [5.74, 6) is 0. The number of nitrogen functional groups attached to an aromatic ring is 1. The SMILES string of the molecule is Cc1cc(N)cc(S(=O)(=O)NC(=O)NC(C)(C)C)c1C. The Hall–Kier alpha value is -1.76. The number of carbonyl (C=O) groups is 1. The molecule has 1 aromatic rings. The average molecular weight is 299 g/mol. The van der Waals surface area contributed by atoms with Crippen LogP contribution < -0.4 is 15.8 Å². The standard InChI is InChI=1S/C13H21N3O3S/c1-8-6-10(14)7-11(9(8)2)20(18,19)16-12(17)15-13(3,4)5/h6-7H,14H2,1-5H3,(H2,15,16,17). The minimum atomic E-state index is -3.95. The molecule has 0 bridgehead atoms. The topological polar surface area (TPSA) is 101 Å². The molecule has 0 unspecified atom stereocenters. The van der Waals surface area contributed by atoms with E-state index in [1.165, 1.54) is 6.07 Å². The third kappa shape index (κ3) is 4.12. The van der Waals surface area contributed by atoms with Gasteiger partial charge < -0.3 is 11.1 Å². The highest BCUT2D eigenvalue weighted by Gasteiger charge is 2.23. The zero-order valence-corrected chi connectivity index (χ0v) is 13.2. The number of anilines is 1. The second-order valence-corrected chi connectivity index (χ2v) is 7.42. The van der Waals surface area contributed by atoms with Crippen molar-refractivity contribution in [3.63, 3.8) is 0 Å². The van der Waals surface area contributed by atoms with Crippen LogP contribution in [0.1, 0.15) is 31.9 Å². The molecule has 4 N–H and O–H groups in total. The number of nitrogens with two attached hydrogens (primary N) is 1. The van der Waals surface area contributed by atoms with Crippen LogP contribution in [0.3, 0.4) is 0 Å². The van der Waals surface area contributed by atoms with Gasteiger partial charge in [0.1, 0.15) is 0 Å². The third-order valence-corrected chi connectivity index (χ3v) is 4.10. The van der Waals surface area contributed by atoms with E-state index in [4.69, 9.17) is 5.73 Å². The molecule has 0 atom stereocenters. The maximum absolute atomic E-state index is 12.2. The Morgan fingerprint density at radius 3 is 2.25 bits per heavy atom. The number of carbonyl (C=O) groups excluding carboxylic acids is 1. The Bertz CT molecular complexity index is 631. The molecule has 0 fully saturated rings. The van der Waals surface area contributed by atoms with Crippen LogP contribution in [-0.2, 0) is 10.0 Å². The van der Waals surface area contributed by atoms with E-state index >= 15 is 0 Å². The first kappa shape index (κ1) is 16.3. The summed E-state index contributed by atoms with van der Waals surface area (Å²) in [4.78, 5) is 11.7. The highest BCUT2D eigenvalue weighted by molar-refractivity contribution is 7.90. The fourth-order valence-corrected chi connectivity index (χ4v) is 2.94. The van der Waals surface area contributed by atoms with E-state index < -0.39 is 21.6 Å². The molecule has 0 spiro atoms. The van der Waals surface area contributed by atoms with Crippen molar-refractivity contribution in [3.05, 3.63) is 23.3 Å². The summed E-state index contributed by atoms with van der Waals surface area (Å²) in [7, 11) is -3.95. The van der Waals surface area contributed by atoms with E-state index in [1.54, 1.807) is 40.7 Å². The van der Waals surface area contributed by atoms with Crippen LogP contribution in [0, 0.1) is 13.8 Å². The van der Waals surface area contributed by atoms with Gasteiger partial charge in [-0.05, 0) is 57.9 Å². The van der Waals surface area contributed by atoms with Crippen LogP contribution in [0.2, 0.25) is 0 Å². The average Bonchev–Trinajstić information content (AvgIpc) is 2.19. The molecule has 20 heavy (non-hydrogen) atoms. The molecule has 1 aromatic carbocycles. The highest BCUT2D eigenvalue weighted by atomic mass is 32.2. The molecule has 0 aromatic heterocycles. The number of urea groups is 1. The minimum Gasteiger partial charge on any atom is -0.399 e. The molecule has 0 heterocycles. The van der Waals surface area contributed by atoms with E-state index in [2.05, 4.69) is 5.32 Å². The lowest BCUT2D eigenvalue weighted by atomic mass is 10.1. The molecule has 0 aliphatic heterocycles. The van der Waals surface area contributed by atoms with Crippen LogP contribution >= 0.6 is 0 Å². The van der Waals surface area contributed by atoms with Gasteiger partial charge in [-0.25, -0.2) is 17.9 Å². The number of hydrogen-bond donors (Lipinski definition) is 3. The number of sulfonamides is 1. The van der Waals surface area contributed by atoms with Gasteiger partial charge in [-0.3, -0.25) is 0 Å². The normalized spacial score (nSPS) is 12.1. The Morgan fingerprint density at radius 2 is 1.75 bits per heavy atom. The van der Waals surface area contributed by atoms with Crippen molar-refractivity contribution in [2.45, 2.75) is 45.1 Å². The first-order valence-electron chi connectivity index (χ1n) is 6.14. The summed E-state index contributed by atoms with van der Waals surface area (Å²) < 4.78 is 26.4. The summed E-state index contributed by atoms with van der Waals surface area (Å²) in [5.41, 5.74) is 6.79. The molecule has 112 valence electrons. The second-order valence-electron chi connectivity index (χ2n) is 5.77. The van der Waals surface area contributed by atoms with Gasteiger partial charge in [0, 0.05) is 11.2 Å². The molecule has 1 rings (SSSR count). The van der Waals surface area contributed by atoms with Crippen LogP contribution in [0.15, 0.2) is 17.0 Å². The lowest BCUT2D eigenvalue weighted by molar-refractivity contribution is 0.237. The molecule has 2 amide bonds. The van der Waals surface area contributed by atoms with Gasteiger partial charge >= 0.3 is 6.03 Å². The number of benzene rings is 1. The molecule has 7 heteroatoms. The number of hydrogen-bond acceptors (Lipinski definition) is 4. The summed E-state index contributed by atoms with van der Waals surface area (Å²) in [6, 6.07) is 2.26. The van der Waals surface area contributed by atoms with Gasteiger partial charge in [-0.2, -0.15) is 0 Å². The van der Waals surface area contributed by atoms with Gasteiger partial charge in [-0.1, -0.05) is 0 Å². The third-order valence-electron chi connectivity index (χ3n) is 2.65. The maximum atomic E-state index is 12.2. The summed E-state index contributed by atoms with van der Waals surface area (Å²) >= 11 is 0. The Morgan fingerprint density at radius 1 is 1.20 bits per heavy atom. The maximum Gasteiger partial charge on any atom is 0.329 e. The van der Waals surface area contributed by atoms with E-state index in [0.29, 0.717) is 11.3 Å². The monoisotopic (exact) mass is 299 g/mol. The minimum absolute atomic E-state index is 0.0130. The molecule has 6 nitrogen and oxygen atoms in total. The van der Waals surface area contributed by atoms with Crippen molar-refractivity contribution in [1.29, 1.82) is 0 Å². The molecule has 0 aliphatic carbocycles. The Balaban J connectivity index is 3.10. The fraction of sp³-hybridized carbons (Fsp3) is 0.462. The number of aryl methyl sites for hydroxylation is 1. The quantitative estimate of drug-likeness (QED) is 0.723. The second kappa shape index (κ2) is 5.32. The van der Waals surface area contributed by atoms with Crippen LogP contribution in [0.5, 0.6) is 0 Å².